The van der Waals surface area contributed by atoms with Gasteiger partial charge in [0.2, 0.25) is 0 Å². The third kappa shape index (κ3) is 5.65. The largest absolute Gasteiger partial charge is 0.467 e. The number of rotatable bonds is 6. The molecule has 1 rings (SSSR count). The number of benzene rings is 1. The second-order valence-corrected chi connectivity index (χ2v) is 4.69. The van der Waals surface area contributed by atoms with Gasteiger partial charge in [-0.2, -0.15) is 11.8 Å². The van der Waals surface area contributed by atoms with Crippen LogP contribution in [0.4, 0.5) is 4.79 Å². The molecule has 0 aliphatic rings. The second kappa shape index (κ2) is 8.42. The highest BCUT2D eigenvalue weighted by Gasteiger charge is 2.21. The van der Waals surface area contributed by atoms with Crippen LogP contribution in [-0.4, -0.2) is 37.2 Å². The van der Waals surface area contributed by atoms with Gasteiger partial charge < -0.3 is 14.8 Å². The van der Waals surface area contributed by atoms with Crippen LogP contribution >= 0.6 is 11.8 Å². The quantitative estimate of drug-likeness (QED) is 0.810. The van der Waals surface area contributed by atoms with Crippen LogP contribution in [0.2, 0.25) is 0 Å². The van der Waals surface area contributed by atoms with E-state index < -0.39 is 18.1 Å². The molecule has 0 saturated carbocycles. The van der Waals surface area contributed by atoms with Crippen molar-refractivity contribution in [2.45, 2.75) is 12.5 Å². The minimum Gasteiger partial charge on any atom is -0.467 e. The van der Waals surface area contributed by atoms with Crippen molar-refractivity contribution >= 4 is 23.8 Å². The summed E-state index contributed by atoms with van der Waals surface area (Å²) in [6.45, 7) is 0. The van der Waals surface area contributed by atoms with E-state index in [1.807, 2.05) is 12.3 Å². The zero-order valence-corrected chi connectivity index (χ0v) is 11.7. The number of carbonyl (C=O) groups is 2. The van der Waals surface area contributed by atoms with Crippen LogP contribution in [0.3, 0.4) is 0 Å². The maximum atomic E-state index is 11.7. The number of methoxy groups -OCH3 is 1. The summed E-state index contributed by atoms with van der Waals surface area (Å²) in [5, 5.41) is 2.50. The van der Waals surface area contributed by atoms with Crippen LogP contribution in [0.5, 0.6) is 5.75 Å². The molecule has 1 amide bonds. The van der Waals surface area contributed by atoms with E-state index in [1.165, 1.54) is 7.11 Å². The van der Waals surface area contributed by atoms with Crippen LogP contribution in [-0.2, 0) is 9.53 Å². The zero-order valence-electron chi connectivity index (χ0n) is 10.9. The summed E-state index contributed by atoms with van der Waals surface area (Å²) in [7, 11) is 1.29. The van der Waals surface area contributed by atoms with Gasteiger partial charge in [0.25, 0.3) is 0 Å². The minimum atomic E-state index is -0.686. The summed E-state index contributed by atoms with van der Waals surface area (Å²) in [5.74, 6) is 0.693. The van der Waals surface area contributed by atoms with Gasteiger partial charge in [-0.25, -0.2) is 9.59 Å². The van der Waals surface area contributed by atoms with Crippen LogP contribution in [0, 0.1) is 0 Å². The standard InChI is InChI=1S/C13H17NO4S/c1-17-12(15)11(8-9-19-2)14-13(16)18-10-6-4-3-5-7-10/h3-7,11H,8-9H2,1-2H3,(H,14,16). The molecule has 0 aliphatic carbocycles. The Morgan fingerprint density at radius 2 is 2.00 bits per heavy atom. The molecular formula is C13H17NO4S. The maximum absolute atomic E-state index is 11.7. The lowest BCUT2D eigenvalue weighted by molar-refractivity contribution is -0.142. The van der Waals surface area contributed by atoms with Gasteiger partial charge in [-0.05, 0) is 30.6 Å². The Balaban J connectivity index is 2.53. The monoisotopic (exact) mass is 283 g/mol. The summed E-state index contributed by atoms with van der Waals surface area (Å²) in [4.78, 5) is 23.2. The number of para-hydroxylation sites is 1. The SMILES string of the molecule is COC(=O)C(CCSC)NC(=O)Oc1ccccc1. The fourth-order valence-electron chi connectivity index (χ4n) is 1.39. The highest BCUT2D eigenvalue weighted by molar-refractivity contribution is 7.98. The molecule has 0 bridgehead atoms. The predicted molar refractivity (Wildman–Crippen MR) is 74.4 cm³/mol. The Labute approximate surface area is 116 Å². The first-order valence-corrected chi connectivity index (χ1v) is 7.17. The topological polar surface area (TPSA) is 64.6 Å². The molecular weight excluding hydrogens is 266 g/mol. The van der Waals surface area contributed by atoms with Gasteiger partial charge in [0.15, 0.2) is 0 Å². The van der Waals surface area contributed by atoms with Gasteiger partial charge in [0, 0.05) is 0 Å². The molecule has 104 valence electrons. The van der Waals surface area contributed by atoms with E-state index in [0.717, 1.165) is 5.75 Å². The summed E-state index contributed by atoms with van der Waals surface area (Å²) in [6, 6.07) is 7.97. The second-order valence-electron chi connectivity index (χ2n) is 3.70. The first-order chi connectivity index (χ1) is 9.17. The number of ether oxygens (including phenoxy) is 2. The van der Waals surface area contributed by atoms with Crippen molar-refractivity contribution in [1.82, 2.24) is 5.32 Å². The van der Waals surface area contributed by atoms with Crippen molar-refractivity contribution in [3.63, 3.8) is 0 Å². The van der Waals surface area contributed by atoms with E-state index in [9.17, 15) is 9.59 Å². The van der Waals surface area contributed by atoms with Crippen LogP contribution in [0.15, 0.2) is 30.3 Å². The lowest BCUT2D eigenvalue weighted by Gasteiger charge is -2.15. The van der Waals surface area contributed by atoms with Gasteiger partial charge in [-0.1, -0.05) is 18.2 Å². The van der Waals surface area contributed by atoms with Crippen molar-refractivity contribution in [1.29, 1.82) is 0 Å². The van der Waals surface area contributed by atoms with Crippen LogP contribution in [0.1, 0.15) is 6.42 Å². The molecule has 6 heteroatoms. The number of hydrogen-bond donors (Lipinski definition) is 1. The van der Waals surface area contributed by atoms with Crippen LogP contribution in [0.25, 0.3) is 0 Å². The van der Waals surface area contributed by atoms with E-state index >= 15 is 0 Å². The Morgan fingerprint density at radius 1 is 1.32 bits per heavy atom. The smallest absolute Gasteiger partial charge is 0.413 e. The number of hydrogen-bond acceptors (Lipinski definition) is 5. The van der Waals surface area contributed by atoms with E-state index in [1.54, 1.807) is 36.0 Å². The zero-order chi connectivity index (χ0) is 14.1. The number of thioether (sulfide) groups is 1. The molecule has 19 heavy (non-hydrogen) atoms. The van der Waals surface area contributed by atoms with E-state index in [-0.39, 0.29) is 0 Å². The van der Waals surface area contributed by atoms with E-state index in [0.29, 0.717) is 12.2 Å². The van der Waals surface area contributed by atoms with Gasteiger partial charge in [-0.15, -0.1) is 0 Å². The van der Waals surface area contributed by atoms with Crippen molar-refractivity contribution < 1.29 is 19.1 Å². The highest BCUT2D eigenvalue weighted by Crippen LogP contribution is 2.09. The predicted octanol–water partition coefficient (Wildman–Crippen LogP) is 2.07. The maximum Gasteiger partial charge on any atom is 0.413 e. The summed E-state index contributed by atoms with van der Waals surface area (Å²) in [5.41, 5.74) is 0. The molecule has 0 aromatic heterocycles. The first kappa shape index (κ1) is 15.4. The van der Waals surface area contributed by atoms with Gasteiger partial charge in [-0.3, -0.25) is 0 Å². The summed E-state index contributed by atoms with van der Waals surface area (Å²) < 4.78 is 9.70. The molecule has 1 N–H and O–H groups in total. The highest BCUT2D eigenvalue weighted by atomic mass is 32.2. The van der Waals surface area contributed by atoms with Crippen molar-refractivity contribution in [3.8, 4) is 5.75 Å². The van der Waals surface area contributed by atoms with Gasteiger partial charge in [0.1, 0.15) is 11.8 Å². The molecule has 5 nitrogen and oxygen atoms in total. The molecule has 1 aromatic rings. The van der Waals surface area contributed by atoms with Crippen molar-refractivity contribution in [2.24, 2.45) is 0 Å². The molecule has 1 aromatic carbocycles. The molecule has 0 aliphatic heterocycles. The molecule has 0 radical (unpaired) electrons. The average Bonchev–Trinajstić information content (AvgIpc) is 2.43. The van der Waals surface area contributed by atoms with E-state index in [4.69, 9.17) is 4.74 Å². The van der Waals surface area contributed by atoms with Crippen molar-refractivity contribution in [2.75, 3.05) is 19.1 Å². The number of nitrogens with one attached hydrogen (secondary N) is 1. The third-order valence-corrected chi connectivity index (χ3v) is 2.99. The summed E-state index contributed by atoms with van der Waals surface area (Å²) >= 11 is 1.59. The third-order valence-electron chi connectivity index (χ3n) is 2.34. The molecule has 1 unspecified atom stereocenters. The molecule has 0 heterocycles. The average molecular weight is 283 g/mol. The normalized spacial score (nSPS) is 11.5. The van der Waals surface area contributed by atoms with Gasteiger partial charge in [0.05, 0.1) is 7.11 Å². The van der Waals surface area contributed by atoms with Crippen molar-refractivity contribution in [3.05, 3.63) is 30.3 Å². The Hall–Kier alpha value is -1.69. The Bertz CT molecular complexity index is 410. The number of esters is 1. The Kier molecular flexibility index (Phi) is 6.81. The number of amides is 1. The lowest BCUT2D eigenvalue weighted by atomic mass is 10.2. The molecule has 0 spiro atoms. The summed E-state index contributed by atoms with van der Waals surface area (Å²) in [6.07, 6.45) is 1.76. The fraction of sp³-hybridized carbons (Fsp3) is 0.385. The molecule has 1 atom stereocenters. The molecule has 0 fully saturated rings. The molecule has 0 saturated heterocycles. The number of carbonyl (C=O) groups excluding carboxylic acids is 2. The fourth-order valence-corrected chi connectivity index (χ4v) is 1.87. The lowest BCUT2D eigenvalue weighted by Crippen LogP contribution is -2.43. The van der Waals surface area contributed by atoms with E-state index in [2.05, 4.69) is 10.1 Å². The van der Waals surface area contributed by atoms with Crippen LogP contribution < -0.4 is 10.1 Å². The minimum absolute atomic E-state index is 0.425. The Morgan fingerprint density at radius 3 is 2.58 bits per heavy atom. The first-order valence-electron chi connectivity index (χ1n) is 5.77. The van der Waals surface area contributed by atoms with Gasteiger partial charge >= 0.3 is 12.1 Å².